The lowest BCUT2D eigenvalue weighted by molar-refractivity contribution is -0.116. The second-order valence-electron chi connectivity index (χ2n) is 5.21. The molecule has 0 spiro atoms. The Morgan fingerprint density at radius 3 is 2.76 bits per heavy atom. The molecule has 0 aliphatic rings. The summed E-state index contributed by atoms with van der Waals surface area (Å²) in [4.78, 5) is 17.9. The molecule has 6 heteroatoms. The quantitative estimate of drug-likeness (QED) is 0.531. The van der Waals surface area contributed by atoms with Crippen molar-refractivity contribution in [2.24, 2.45) is 0 Å². The van der Waals surface area contributed by atoms with E-state index in [1.165, 1.54) is 23.1 Å². The highest BCUT2D eigenvalue weighted by molar-refractivity contribution is 8.00. The van der Waals surface area contributed by atoms with Crippen LogP contribution in [0, 0.1) is 11.3 Å². The van der Waals surface area contributed by atoms with Gasteiger partial charge < -0.3 is 0 Å². The number of thiazole rings is 1. The Kier molecular flexibility index (Phi) is 5.87. The van der Waals surface area contributed by atoms with Gasteiger partial charge in [-0.25, -0.2) is 4.98 Å². The molecule has 3 nitrogen and oxygen atoms in total. The van der Waals surface area contributed by atoms with Crippen molar-refractivity contribution in [3.8, 4) is 17.3 Å². The summed E-state index contributed by atoms with van der Waals surface area (Å²) in [7, 11) is 0. The standard InChI is InChI=1S/C19H13ClN2OS2/c20-14-7-4-8-15(9-14)24-12-18(23)16(10-21)19-22-17(11-25-19)13-5-2-1-3-6-13/h1-9,11,16H,12H2. The molecular formula is C19H13ClN2OS2. The number of hydrogen-bond acceptors (Lipinski definition) is 5. The molecule has 0 bridgehead atoms. The number of nitriles is 1. The molecule has 0 radical (unpaired) electrons. The summed E-state index contributed by atoms with van der Waals surface area (Å²) >= 11 is 8.67. The van der Waals surface area contributed by atoms with Gasteiger partial charge in [-0.1, -0.05) is 48.0 Å². The maximum Gasteiger partial charge on any atom is 0.167 e. The van der Waals surface area contributed by atoms with E-state index in [0.717, 1.165) is 16.2 Å². The summed E-state index contributed by atoms with van der Waals surface area (Å²) in [6, 6.07) is 19.1. The minimum Gasteiger partial charge on any atom is -0.297 e. The van der Waals surface area contributed by atoms with Crippen LogP contribution in [0.4, 0.5) is 0 Å². The van der Waals surface area contributed by atoms with E-state index >= 15 is 0 Å². The molecule has 0 amide bonds. The molecule has 1 aromatic heterocycles. The van der Waals surface area contributed by atoms with Crippen LogP contribution in [0.2, 0.25) is 5.02 Å². The van der Waals surface area contributed by atoms with Crippen LogP contribution < -0.4 is 0 Å². The molecule has 2 aromatic carbocycles. The fourth-order valence-electron chi connectivity index (χ4n) is 2.22. The van der Waals surface area contributed by atoms with Crippen molar-refractivity contribution in [1.82, 2.24) is 4.98 Å². The van der Waals surface area contributed by atoms with Gasteiger partial charge in [-0.2, -0.15) is 5.26 Å². The van der Waals surface area contributed by atoms with Crippen molar-refractivity contribution in [3.63, 3.8) is 0 Å². The summed E-state index contributed by atoms with van der Waals surface area (Å²) in [5.41, 5.74) is 1.76. The van der Waals surface area contributed by atoms with Gasteiger partial charge in [0.05, 0.1) is 17.5 Å². The van der Waals surface area contributed by atoms with E-state index in [0.29, 0.717) is 10.0 Å². The summed E-state index contributed by atoms with van der Waals surface area (Å²) in [6.07, 6.45) is 0. The Morgan fingerprint density at radius 1 is 1.24 bits per heavy atom. The number of nitrogens with zero attached hydrogens (tertiary/aromatic N) is 2. The Labute approximate surface area is 159 Å². The number of carbonyl (C=O) groups excluding carboxylic acids is 1. The zero-order valence-electron chi connectivity index (χ0n) is 13.1. The Hall–Kier alpha value is -2.13. The summed E-state index contributed by atoms with van der Waals surface area (Å²) < 4.78 is 0. The third kappa shape index (κ3) is 4.49. The maximum absolute atomic E-state index is 12.5. The first-order valence-electron chi connectivity index (χ1n) is 7.49. The molecule has 0 aliphatic carbocycles. The number of halogens is 1. The zero-order chi connectivity index (χ0) is 17.6. The second-order valence-corrected chi connectivity index (χ2v) is 7.59. The van der Waals surface area contributed by atoms with Crippen molar-refractivity contribution < 1.29 is 4.79 Å². The molecule has 0 saturated heterocycles. The van der Waals surface area contributed by atoms with Crippen molar-refractivity contribution in [1.29, 1.82) is 5.26 Å². The molecule has 3 rings (SSSR count). The number of Topliss-reactive ketones (excluding diaryl/α,β-unsaturated/α-hetero) is 1. The Morgan fingerprint density at radius 2 is 2.04 bits per heavy atom. The van der Waals surface area contributed by atoms with E-state index in [1.54, 1.807) is 12.1 Å². The minimum atomic E-state index is -0.839. The number of aromatic nitrogens is 1. The lowest BCUT2D eigenvalue weighted by Crippen LogP contribution is -2.13. The molecule has 1 unspecified atom stereocenters. The van der Waals surface area contributed by atoms with Crippen molar-refractivity contribution >= 4 is 40.5 Å². The van der Waals surface area contributed by atoms with Gasteiger partial charge in [0.15, 0.2) is 11.7 Å². The van der Waals surface area contributed by atoms with Gasteiger partial charge in [-0.05, 0) is 18.2 Å². The van der Waals surface area contributed by atoms with Crippen LogP contribution in [0.3, 0.4) is 0 Å². The van der Waals surface area contributed by atoms with Gasteiger partial charge in [0.25, 0.3) is 0 Å². The Balaban J connectivity index is 1.71. The predicted octanol–water partition coefficient (Wildman–Crippen LogP) is 5.43. The average Bonchev–Trinajstić information content (AvgIpc) is 3.11. The van der Waals surface area contributed by atoms with Gasteiger partial charge in [0.2, 0.25) is 0 Å². The summed E-state index contributed by atoms with van der Waals surface area (Å²) in [5.74, 6) is -0.783. The molecule has 1 heterocycles. The fraction of sp³-hybridized carbons (Fsp3) is 0.105. The monoisotopic (exact) mass is 384 g/mol. The van der Waals surface area contributed by atoms with Crippen LogP contribution in [-0.4, -0.2) is 16.5 Å². The zero-order valence-corrected chi connectivity index (χ0v) is 15.4. The van der Waals surface area contributed by atoms with E-state index in [1.807, 2.05) is 47.8 Å². The number of carbonyl (C=O) groups is 1. The number of ketones is 1. The minimum absolute atomic E-state index is 0.151. The van der Waals surface area contributed by atoms with Crippen LogP contribution in [0.15, 0.2) is 64.9 Å². The highest BCUT2D eigenvalue weighted by Crippen LogP contribution is 2.29. The van der Waals surface area contributed by atoms with Gasteiger partial charge >= 0.3 is 0 Å². The molecule has 0 aliphatic heterocycles. The van der Waals surface area contributed by atoms with Crippen LogP contribution in [0.5, 0.6) is 0 Å². The van der Waals surface area contributed by atoms with Gasteiger partial charge in [-0.15, -0.1) is 23.1 Å². The normalized spacial score (nSPS) is 11.7. The average molecular weight is 385 g/mol. The first kappa shape index (κ1) is 17.7. The molecule has 0 N–H and O–H groups in total. The molecule has 25 heavy (non-hydrogen) atoms. The topological polar surface area (TPSA) is 53.8 Å². The molecule has 1 atom stereocenters. The van der Waals surface area contributed by atoms with Crippen LogP contribution >= 0.6 is 34.7 Å². The smallest absolute Gasteiger partial charge is 0.167 e. The molecular weight excluding hydrogens is 372 g/mol. The molecule has 124 valence electrons. The first-order chi connectivity index (χ1) is 12.2. The third-order valence-electron chi connectivity index (χ3n) is 3.47. The molecule has 0 fully saturated rings. The predicted molar refractivity (Wildman–Crippen MR) is 103 cm³/mol. The lowest BCUT2D eigenvalue weighted by atomic mass is 10.1. The van der Waals surface area contributed by atoms with E-state index in [-0.39, 0.29) is 11.5 Å². The molecule has 0 saturated carbocycles. The number of rotatable bonds is 6. The van der Waals surface area contributed by atoms with Gasteiger partial charge in [-0.3, -0.25) is 4.79 Å². The van der Waals surface area contributed by atoms with E-state index in [2.05, 4.69) is 11.1 Å². The summed E-state index contributed by atoms with van der Waals surface area (Å²) in [6.45, 7) is 0. The highest BCUT2D eigenvalue weighted by atomic mass is 35.5. The van der Waals surface area contributed by atoms with Gasteiger partial charge in [0, 0.05) is 20.9 Å². The lowest BCUT2D eigenvalue weighted by Gasteiger charge is -2.05. The van der Waals surface area contributed by atoms with Crippen LogP contribution in [0.25, 0.3) is 11.3 Å². The van der Waals surface area contributed by atoms with Crippen molar-refractivity contribution in [2.45, 2.75) is 10.8 Å². The number of thioether (sulfide) groups is 1. The van der Waals surface area contributed by atoms with Crippen molar-refractivity contribution in [2.75, 3.05) is 5.75 Å². The summed E-state index contributed by atoms with van der Waals surface area (Å²) in [5, 5.41) is 12.5. The number of benzene rings is 2. The van der Waals surface area contributed by atoms with E-state index < -0.39 is 5.92 Å². The highest BCUT2D eigenvalue weighted by Gasteiger charge is 2.23. The maximum atomic E-state index is 12.5. The molecule has 3 aromatic rings. The van der Waals surface area contributed by atoms with E-state index in [9.17, 15) is 10.1 Å². The number of hydrogen-bond donors (Lipinski definition) is 0. The van der Waals surface area contributed by atoms with Crippen LogP contribution in [0.1, 0.15) is 10.9 Å². The second kappa shape index (κ2) is 8.30. The van der Waals surface area contributed by atoms with Gasteiger partial charge in [0.1, 0.15) is 5.01 Å². The Bertz CT molecular complexity index is 918. The van der Waals surface area contributed by atoms with Crippen LogP contribution in [-0.2, 0) is 4.79 Å². The first-order valence-corrected chi connectivity index (χ1v) is 9.73. The van der Waals surface area contributed by atoms with Crippen molar-refractivity contribution in [3.05, 3.63) is 70.0 Å². The fourth-order valence-corrected chi connectivity index (χ4v) is 4.23. The SMILES string of the molecule is N#CC(C(=O)CSc1cccc(Cl)c1)c1nc(-c2ccccc2)cs1. The largest absolute Gasteiger partial charge is 0.297 e. The third-order valence-corrected chi connectivity index (χ3v) is 5.63. The van der Waals surface area contributed by atoms with E-state index in [4.69, 9.17) is 11.6 Å².